The number of sulfone groups is 1. The van der Waals surface area contributed by atoms with Crippen molar-refractivity contribution in [2.24, 2.45) is 5.92 Å². The molecule has 3 rings (SSSR count). The van der Waals surface area contributed by atoms with Crippen LogP contribution in [0.3, 0.4) is 0 Å². The fourth-order valence-corrected chi connectivity index (χ4v) is 5.98. The van der Waals surface area contributed by atoms with Crippen LogP contribution in [0, 0.1) is 5.92 Å². The molecule has 1 atom stereocenters. The van der Waals surface area contributed by atoms with Crippen LogP contribution in [0.25, 0.3) is 0 Å². The van der Waals surface area contributed by atoms with E-state index < -0.39 is 9.84 Å². The number of amides is 1. The molecule has 0 spiro atoms. The number of hydrogen-bond acceptors (Lipinski definition) is 5. The number of rotatable bonds is 3. The topological polar surface area (TPSA) is 66.5 Å². The molecule has 1 amide bonds. The summed E-state index contributed by atoms with van der Waals surface area (Å²) in [5.41, 5.74) is 1.26. The molecule has 0 saturated carbocycles. The maximum atomic E-state index is 12.8. The molecule has 22 heavy (non-hydrogen) atoms. The molecule has 2 aliphatic rings. The summed E-state index contributed by atoms with van der Waals surface area (Å²) in [4.78, 5) is 15.8. The van der Waals surface area contributed by atoms with Gasteiger partial charge < -0.3 is 10.2 Å². The lowest BCUT2D eigenvalue weighted by molar-refractivity contribution is -0.133. The van der Waals surface area contributed by atoms with Gasteiger partial charge in [-0.15, -0.1) is 11.3 Å². The van der Waals surface area contributed by atoms with Crippen LogP contribution in [0.1, 0.15) is 29.3 Å². The standard InChI is InChI=1S/C15H22N2O3S2/c1-16-13-14-12(3-7-21-14)2-6-17(15(13)18)10-11-4-8-22(19,20)9-5-11/h3,7,11,13,16H,2,4-6,8-10H2,1H3. The summed E-state index contributed by atoms with van der Waals surface area (Å²) in [6.07, 6.45) is 2.24. The summed E-state index contributed by atoms with van der Waals surface area (Å²) in [6.45, 7) is 1.41. The number of likely N-dealkylation sites (N-methyl/N-ethyl adjacent to an activating group) is 1. The molecular formula is C15H22N2O3S2. The molecule has 2 aliphatic heterocycles. The van der Waals surface area contributed by atoms with E-state index in [4.69, 9.17) is 0 Å². The highest BCUT2D eigenvalue weighted by Crippen LogP contribution is 2.30. The van der Waals surface area contributed by atoms with Gasteiger partial charge >= 0.3 is 0 Å². The smallest absolute Gasteiger partial charge is 0.245 e. The molecule has 0 bridgehead atoms. The van der Waals surface area contributed by atoms with Crippen molar-refractivity contribution >= 4 is 27.1 Å². The van der Waals surface area contributed by atoms with E-state index in [0.29, 0.717) is 25.3 Å². The summed E-state index contributed by atoms with van der Waals surface area (Å²) in [6, 6.07) is 1.85. The third kappa shape index (κ3) is 3.21. The third-order valence-corrected chi connectivity index (χ3v) is 7.43. The molecule has 7 heteroatoms. The fourth-order valence-electron chi connectivity index (χ4n) is 3.34. The van der Waals surface area contributed by atoms with Crippen LogP contribution in [0.2, 0.25) is 0 Å². The number of nitrogens with zero attached hydrogens (tertiary/aromatic N) is 1. The number of fused-ring (bicyclic) bond motifs is 1. The van der Waals surface area contributed by atoms with Crippen molar-refractivity contribution in [2.75, 3.05) is 31.6 Å². The summed E-state index contributed by atoms with van der Waals surface area (Å²) >= 11 is 1.63. The molecule has 1 N–H and O–H groups in total. The monoisotopic (exact) mass is 342 g/mol. The van der Waals surface area contributed by atoms with E-state index >= 15 is 0 Å². The van der Waals surface area contributed by atoms with Crippen LogP contribution in [0.5, 0.6) is 0 Å². The summed E-state index contributed by atoms with van der Waals surface area (Å²) in [7, 11) is -1.02. The Labute approximate surface area is 135 Å². The Morgan fingerprint density at radius 2 is 2.09 bits per heavy atom. The van der Waals surface area contributed by atoms with Crippen LogP contribution < -0.4 is 5.32 Å². The number of carbonyl (C=O) groups excluding carboxylic acids is 1. The molecule has 122 valence electrons. The molecule has 0 radical (unpaired) electrons. The molecule has 3 heterocycles. The minimum Gasteiger partial charge on any atom is -0.340 e. The highest BCUT2D eigenvalue weighted by Gasteiger charge is 2.33. The van der Waals surface area contributed by atoms with Gasteiger partial charge in [-0.3, -0.25) is 4.79 Å². The Bertz CT molecular complexity index is 639. The summed E-state index contributed by atoms with van der Waals surface area (Å²) in [5.74, 6) is 0.962. The van der Waals surface area contributed by atoms with Crippen molar-refractivity contribution in [3.8, 4) is 0 Å². The average Bonchev–Trinajstić information content (AvgIpc) is 2.89. The molecule has 1 aromatic heterocycles. The Kier molecular flexibility index (Phi) is 4.56. The molecule has 0 aliphatic carbocycles. The Morgan fingerprint density at radius 3 is 2.77 bits per heavy atom. The minimum atomic E-state index is -2.84. The third-order valence-electron chi connectivity index (χ3n) is 4.69. The van der Waals surface area contributed by atoms with E-state index in [-0.39, 0.29) is 23.5 Å². The quantitative estimate of drug-likeness (QED) is 0.897. The van der Waals surface area contributed by atoms with Crippen molar-refractivity contribution < 1.29 is 13.2 Å². The fraction of sp³-hybridized carbons (Fsp3) is 0.667. The van der Waals surface area contributed by atoms with E-state index in [1.165, 1.54) is 5.56 Å². The number of nitrogens with one attached hydrogen (secondary N) is 1. The van der Waals surface area contributed by atoms with E-state index in [2.05, 4.69) is 11.4 Å². The van der Waals surface area contributed by atoms with Crippen LogP contribution in [-0.2, 0) is 21.1 Å². The first kappa shape index (κ1) is 16.0. The summed E-state index contributed by atoms with van der Waals surface area (Å²) in [5, 5.41) is 5.19. The zero-order chi connectivity index (χ0) is 15.7. The van der Waals surface area contributed by atoms with Gasteiger partial charge in [0.05, 0.1) is 11.5 Å². The zero-order valence-corrected chi connectivity index (χ0v) is 14.4. The SMILES string of the molecule is CNC1C(=O)N(CC2CCS(=O)(=O)CC2)CCc2ccsc21. The second kappa shape index (κ2) is 6.29. The van der Waals surface area contributed by atoms with Gasteiger partial charge in [0.2, 0.25) is 5.91 Å². The largest absolute Gasteiger partial charge is 0.340 e. The lowest BCUT2D eigenvalue weighted by atomic mass is 10.0. The molecule has 1 unspecified atom stereocenters. The van der Waals surface area contributed by atoms with Crippen LogP contribution in [-0.4, -0.2) is 50.9 Å². The Morgan fingerprint density at radius 1 is 1.36 bits per heavy atom. The first-order valence-electron chi connectivity index (χ1n) is 7.73. The lowest BCUT2D eigenvalue weighted by Gasteiger charge is -2.30. The lowest BCUT2D eigenvalue weighted by Crippen LogP contribution is -2.42. The van der Waals surface area contributed by atoms with E-state index in [9.17, 15) is 13.2 Å². The van der Waals surface area contributed by atoms with Gasteiger partial charge in [-0.25, -0.2) is 8.42 Å². The maximum Gasteiger partial charge on any atom is 0.245 e. The van der Waals surface area contributed by atoms with Gasteiger partial charge in [-0.05, 0) is 49.2 Å². The van der Waals surface area contributed by atoms with E-state index in [1.54, 1.807) is 11.3 Å². The van der Waals surface area contributed by atoms with E-state index in [1.807, 2.05) is 17.3 Å². The second-order valence-electron chi connectivity index (χ2n) is 6.16. The normalized spacial score (nSPS) is 25.8. The predicted octanol–water partition coefficient (Wildman–Crippen LogP) is 1.22. The van der Waals surface area contributed by atoms with Gasteiger partial charge in [0.25, 0.3) is 0 Å². The van der Waals surface area contributed by atoms with Gasteiger partial charge in [-0.2, -0.15) is 0 Å². The van der Waals surface area contributed by atoms with E-state index in [0.717, 1.165) is 17.8 Å². The van der Waals surface area contributed by atoms with Gasteiger partial charge in [-0.1, -0.05) is 0 Å². The highest BCUT2D eigenvalue weighted by atomic mass is 32.2. The summed E-state index contributed by atoms with van der Waals surface area (Å²) < 4.78 is 23.1. The van der Waals surface area contributed by atoms with Gasteiger partial charge in [0.15, 0.2) is 0 Å². The molecule has 1 saturated heterocycles. The number of thiophene rings is 1. The molecular weight excluding hydrogens is 320 g/mol. The minimum absolute atomic E-state index is 0.122. The van der Waals surface area contributed by atoms with Crippen molar-refractivity contribution in [3.05, 3.63) is 21.9 Å². The molecule has 5 nitrogen and oxygen atoms in total. The molecule has 1 fully saturated rings. The second-order valence-corrected chi connectivity index (χ2v) is 9.41. The molecule has 0 aromatic carbocycles. The first-order chi connectivity index (χ1) is 10.5. The van der Waals surface area contributed by atoms with Crippen molar-refractivity contribution in [3.63, 3.8) is 0 Å². The Balaban J connectivity index is 1.70. The van der Waals surface area contributed by atoms with Crippen LogP contribution >= 0.6 is 11.3 Å². The van der Waals surface area contributed by atoms with Crippen molar-refractivity contribution in [1.82, 2.24) is 10.2 Å². The average molecular weight is 342 g/mol. The van der Waals surface area contributed by atoms with Crippen LogP contribution in [0.4, 0.5) is 0 Å². The van der Waals surface area contributed by atoms with Crippen molar-refractivity contribution in [1.29, 1.82) is 0 Å². The number of hydrogen-bond donors (Lipinski definition) is 1. The van der Waals surface area contributed by atoms with Crippen molar-refractivity contribution in [2.45, 2.75) is 25.3 Å². The Hall–Kier alpha value is -0.920. The van der Waals surface area contributed by atoms with Crippen LogP contribution in [0.15, 0.2) is 11.4 Å². The number of carbonyl (C=O) groups is 1. The highest BCUT2D eigenvalue weighted by molar-refractivity contribution is 7.91. The van der Waals surface area contributed by atoms with Gasteiger partial charge in [0.1, 0.15) is 15.9 Å². The molecule has 1 aromatic rings. The van der Waals surface area contributed by atoms with Gasteiger partial charge in [0, 0.05) is 18.0 Å². The predicted molar refractivity (Wildman–Crippen MR) is 87.8 cm³/mol. The first-order valence-corrected chi connectivity index (χ1v) is 10.4. The zero-order valence-electron chi connectivity index (χ0n) is 12.7. The maximum absolute atomic E-state index is 12.8.